The van der Waals surface area contributed by atoms with Gasteiger partial charge in [0.05, 0.1) is 13.2 Å². The summed E-state index contributed by atoms with van der Waals surface area (Å²) in [4.78, 5) is 11.8. The maximum absolute atomic E-state index is 11.8. The Morgan fingerprint density at radius 1 is 1.26 bits per heavy atom. The molecule has 5 nitrogen and oxygen atoms in total. The molecule has 1 aliphatic carbocycles. The number of amides is 1. The van der Waals surface area contributed by atoms with Crippen molar-refractivity contribution in [3.63, 3.8) is 0 Å². The van der Waals surface area contributed by atoms with Gasteiger partial charge in [-0.3, -0.25) is 4.79 Å². The summed E-state index contributed by atoms with van der Waals surface area (Å²) < 4.78 is 10.2. The summed E-state index contributed by atoms with van der Waals surface area (Å²) in [7, 11) is 1.65. The first-order valence-corrected chi connectivity index (χ1v) is 7.33. The first-order chi connectivity index (χ1) is 9.24. The molecule has 1 saturated carbocycles. The molecule has 1 aliphatic rings. The fourth-order valence-electron chi connectivity index (χ4n) is 2.45. The predicted octanol–water partition coefficient (Wildman–Crippen LogP) is 1.06. The second kappa shape index (κ2) is 10.2. The second-order valence-electron chi connectivity index (χ2n) is 5.22. The highest BCUT2D eigenvalue weighted by atomic mass is 16.5. The van der Waals surface area contributed by atoms with Gasteiger partial charge in [0.15, 0.2) is 0 Å². The zero-order chi connectivity index (χ0) is 13.9. The molecule has 0 saturated heterocycles. The molecule has 2 unspecified atom stereocenters. The Morgan fingerprint density at radius 3 is 2.79 bits per heavy atom. The molecule has 19 heavy (non-hydrogen) atoms. The van der Waals surface area contributed by atoms with Gasteiger partial charge in [0.1, 0.15) is 0 Å². The number of rotatable bonds is 9. The monoisotopic (exact) mass is 272 g/mol. The second-order valence-corrected chi connectivity index (χ2v) is 5.22. The number of carbonyl (C=O) groups excluding carboxylic acids is 1. The predicted molar refractivity (Wildman–Crippen MR) is 74.9 cm³/mol. The molecule has 5 heteroatoms. The highest BCUT2D eigenvalue weighted by Crippen LogP contribution is 2.25. The van der Waals surface area contributed by atoms with Gasteiger partial charge in [-0.25, -0.2) is 0 Å². The Hall–Kier alpha value is -0.650. The number of hydrogen-bond acceptors (Lipinski definition) is 4. The molecule has 1 fully saturated rings. The standard InChI is InChI=1S/C14H28N2O3/c1-18-9-10-19-8-4-7-16-14(17)11-12-5-2-3-6-13(12)15/h12-13H,2-11,15H2,1H3,(H,16,17). The first kappa shape index (κ1) is 16.4. The highest BCUT2D eigenvalue weighted by Gasteiger charge is 2.23. The molecule has 1 rings (SSSR count). The molecule has 0 spiro atoms. The van der Waals surface area contributed by atoms with Crippen molar-refractivity contribution >= 4 is 5.91 Å². The summed E-state index contributed by atoms with van der Waals surface area (Å²) in [6.07, 6.45) is 5.98. The van der Waals surface area contributed by atoms with Crippen molar-refractivity contribution in [3.8, 4) is 0 Å². The minimum Gasteiger partial charge on any atom is -0.382 e. The summed E-state index contributed by atoms with van der Waals surface area (Å²) in [5.41, 5.74) is 6.04. The maximum Gasteiger partial charge on any atom is 0.220 e. The van der Waals surface area contributed by atoms with Gasteiger partial charge >= 0.3 is 0 Å². The van der Waals surface area contributed by atoms with Crippen molar-refractivity contribution in [1.29, 1.82) is 0 Å². The number of ether oxygens (including phenoxy) is 2. The highest BCUT2D eigenvalue weighted by molar-refractivity contribution is 5.76. The number of carbonyl (C=O) groups is 1. The van der Waals surface area contributed by atoms with E-state index in [1.54, 1.807) is 7.11 Å². The van der Waals surface area contributed by atoms with Crippen molar-refractivity contribution in [2.45, 2.75) is 44.6 Å². The van der Waals surface area contributed by atoms with Crippen molar-refractivity contribution in [3.05, 3.63) is 0 Å². The quantitative estimate of drug-likeness (QED) is 0.616. The van der Waals surface area contributed by atoms with E-state index in [2.05, 4.69) is 5.32 Å². The molecule has 0 radical (unpaired) electrons. The summed E-state index contributed by atoms with van der Waals surface area (Å²) in [5, 5.41) is 2.94. The van der Waals surface area contributed by atoms with E-state index >= 15 is 0 Å². The minimum absolute atomic E-state index is 0.124. The summed E-state index contributed by atoms with van der Waals surface area (Å²) >= 11 is 0. The van der Waals surface area contributed by atoms with E-state index in [1.807, 2.05) is 0 Å². The van der Waals surface area contributed by atoms with Crippen LogP contribution in [0.3, 0.4) is 0 Å². The van der Waals surface area contributed by atoms with Gasteiger partial charge in [0.2, 0.25) is 5.91 Å². The van der Waals surface area contributed by atoms with Gasteiger partial charge in [-0.15, -0.1) is 0 Å². The Kier molecular flexibility index (Phi) is 8.79. The van der Waals surface area contributed by atoms with Gasteiger partial charge in [0.25, 0.3) is 0 Å². The number of nitrogens with one attached hydrogen (secondary N) is 1. The average Bonchev–Trinajstić information content (AvgIpc) is 2.40. The van der Waals surface area contributed by atoms with Crippen molar-refractivity contribution in [2.75, 3.05) is 33.5 Å². The average molecular weight is 272 g/mol. The molecule has 2 atom stereocenters. The lowest BCUT2D eigenvalue weighted by Gasteiger charge is -2.27. The topological polar surface area (TPSA) is 73.6 Å². The van der Waals surface area contributed by atoms with Crippen LogP contribution in [0.15, 0.2) is 0 Å². The van der Waals surface area contributed by atoms with Gasteiger partial charge in [-0.05, 0) is 25.2 Å². The third-order valence-corrected chi connectivity index (χ3v) is 3.63. The first-order valence-electron chi connectivity index (χ1n) is 7.33. The molecule has 0 bridgehead atoms. The van der Waals surface area contributed by atoms with Crippen LogP contribution in [0.2, 0.25) is 0 Å². The van der Waals surface area contributed by atoms with Crippen molar-refractivity contribution in [2.24, 2.45) is 11.7 Å². The van der Waals surface area contributed by atoms with E-state index in [0.29, 0.717) is 38.7 Å². The Balaban J connectivity index is 1.98. The smallest absolute Gasteiger partial charge is 0.220 e. The molecular formula is C14H28N2O3. The van der Waals surface area contributed by atoms with E-state index in [4.69, 9.17) is 15.2 Å². The third-order valence-electron chi connectivity index (χ3n) is 3.63. The SMILES string of the molecule is COCCOCCCNC(=O)CC1CCCCC1N. The molecule has 3 N–H and O–H groups in total. The molecule has 0 heterocycles. The molecule has 0 aromatic heterocycles. The van der Waals surface area contributed by atoms with Gasteiger partial charge in [-0.1, -0.05) is 12.8 Å². The lowest BCUT2D eigenvalue weighted by Crippen LogP contribution is -2.37. The lowest BCUT2D eigenvalue weighted by molar-refractivity contribution is -0.122. The van der Waals surface area contributed by atoms with E-state index < -0.39 is 0 Å². The van der Waals surface area contributed by atoms with Crippen LogP contribution in [-0.4, -0.2) is 45.4 Å². The van der Waals surface area contributed by atoms with Crippen LogP contribution in [0.4, 0.5) is 0 Å². The van der Waals surface area contributed by atoms with E-state index in [9.17, 15) is 4.79 Å². The molecular weight excluding hydrogens is 244 g/mol. The Morgan fingerprint density at radius 2 is 2.05 bits per heavy atom. The molecule has 0 aromatic carbocycles. The molecule has 0 aliphatic heterocycles. The van der Waals surface area contributed by atoms with E-state index in [-0.39, 0.29) is 11.9 Å². The number of nitrogens with two attached hydrogens (primary N) is 1. The van der Waals surface area contributed by atoms with Gasteiger partial charge in [-0.2, -0.15) is 0 Å². The van der Waals surface area contributed by atoms with Crippen LogP contribution in [-0.2, 0) is 14.3 Å². The van der Waals surface area contributed by atoms with E-state index in [1.165, 1.54) is 12.8 Å². The summed E-state index contributed by atoms with van der Waals surface area (Å²) in [5.74, 6) is 0.492. The third kappa shape index (κ3) is 7.50. The maximum atomic E-state index is 11.8. The van der Waals surface area contributed by atoms with Crippen molar-refractivity contribution < 1.29 is 14.3 Å². The summed E-state index contributed by atoms with van der Waals surface area (Å²) in [6, 6.07) is 0.205. The van der Waals surface area contributed by atoms with Crippen molar-refractivity contribution in [1.82, 2.24) is 5.32 Å². The molecule has 0 aromatic rings. The van der Waals surface area contributed by atoms with Gasteiger partial charge < -0.3 is 20.5 Å². The van der Waals surface area contributed by atoms with Crippen LogP contribution in [0.5, 0.6) is 0 Å². The van der Waals surface area contributed by atoms with Crippen LogP contribution < -0.4 is 11.1 Å². The van der Waals surface area contributed by atoms with Crippen LogP contribution in [0, 0.1) is 5.92 Å². The van der Waals surface area contributed by atoms with Crippen LogP contribution >= 0.6 is 0 Å². The zero-order valence-electron chi connectivity index (χ0n) is 12.0. The molecule has 112 valence electrons. The number of hydrogen-bond donors (Lipinski definition) is 2. The normalized spacial score (nSPS) is 23.3. The number of methoxy groups -OCH3 is 1. The Labute approximate surface area is 116 Å². The lowest BCUT2D eigenvalue weighted by atomic mass is 9.83. The van der Waals surface area contributed by atoms with Crippen LogP contribution in [0.1, 0.15) is 38.5 Å². The van der Waals surface area contributed by atoms with Crippen LogP contribution in [0.25, 0.3) is 0 Å². The minimum atomic E-state index is 0.124. The van der Waals surface area contributed by atoms with Gasteiger partial charge in [0, 0.05) is 32.7 Å². The Bertz CT molecular complexity index is 249. The summed E-state index contributed by atoms with van der Waals surface area (Å²) in [6.45, 7) is 2.56. The largest absolute Gasteiger partial charge is 0.382 e. The fourth-order valence-corrected chi connectivity index (χ4v) is 2.45. The van der Waals surface area contributed by atoms with E-state index in [0.717, 1.165) is 19.3 Å². The zero-order valence-corrected chi connectivity index (χ0v) is 12.0. The fraction of sp³-hybridized carbons (Fsp3) is 0.929. The molecule has 1 amide bonds.